The molecule has 3 fully saturated rings. The maximum atomic E-state index is 11.3. The van der Waals surface area contributed by atoms with Crippen LogP contribution in [0, 0.1) is 22.0 Å². The summed E-state index contributed by atoms with van der Waals surface area (Å²) in [4.78, 5) is 13.9. The summed E-state index contributed by atoms with van der Waals surface area (Å²) in [5, 5.41) is 14.8. The zero-order valence-electron chi connectivity index (χ0n) is 17.9. The molecule has 0 amide bonds. The van der Waals surface area contributed by atoms with E-state index in [4.69, 9.17) is 0 Å². The van der Waals surface area contributed by atoms with E-state index in [1.807, 2.05) is 12.1 Å². The van der Waals surface area contributed by atoms with E-state index in [9.17, 15) is 10.1 Å². The lowest BCUT2D eigenvalue weighted by Crippen LogP contribution is -2.50. The first-order valence-corrected chi connectivity index (χ1v) is 11.9. The molecule has 0 aromatic heterocycles. The van der Waals surface area contributed by atoms with Gasteiger partial charge in [-0.2, -0.15) is 0 Å². The molecule has 2 bridgehead atoms. The summed E-state index contributed by atoms with van der Waals surface area (Å²) in [5.41, 5.74) is 0.826. The summed E-state index contributed by atoms with van der Waals surface area (Å²) in [5.74, 6) is 1.90. The SMILES string of the molecule is C[C@H](C[C@H]1CCCCN1C1C[C@H]2CCCC[C@@H](C1)C2)Nc1ccccc1[N+](=O)[O-]. The zero-order chi connectivity index (χ0) is 20.2. The minimum absolute atomic E-state index is 0.177. The molecule has 1 heterocycles. The van der Waals surface area contributed by atoms with Crippen LogP contribution in [0.2, 0.25) is 0 Å². The van der Waals surface area contributed by atoms with Gasteiger partial charge in [0.2, 0.25) is 0 Å². The van der Waals surface area contributed by atoms with Crippen LogP contribution < -0.4 is 5.32 Å². The highest BCUT2D eigenvalue weighted by atomic mass is 16.6. The molecular weight excluding hydrogens is 362 g/mol. The molecule has 1 saturated heterocycles. The van der Waals surface area contributed by atoms with Gasteiger partial charge in [-0.3, -0.25) is 15.0 Å². The van der Waals surface area contributed by atoms with Crippen LogP contribution in [-0.2, 0) is 0 Å². The Morgan fingerprint density at radius 1 is 1.07 bits per heavy atom. The van der Waals surface area contributed by atoms with Crippen molar-refractivity contribution in [1.29, 1.82) is 0 Å². The van der Waals surface area contributed by atoms with E-state index in [0.29, 0.717) is 11.7 Å². The summed E-state index contributed by atoms with van der Waals surface area (Å²) < 4.78 is 0. The molecule has 2 aliphatic carbocycles. The number of likely N-dealkylation sites (tertiary alicyclic amines) is 1. The summed E-state index contributed by atoms with van der Waals surface area (Å²) >= 11 is 0. The number of hydrogen-bond acceptors (Lipinski definition) is 4. The molecule has 1 aromatic rings. The van der Waals surface area contributed by atoms with Gasteiger partial charge in [0.25, 0.3) is 5.69 Å². The number of nitro groups is 1. The molecule has 1 N–H and O–H groups in total. The van der Waals surface area contributed by atoms with E-state index < -0.39 is 0 Å². The Morgan fingerprint density at radius 2 is 1.76 bits per heavy atom. The first-order chi connectivity index (χ1) is 14.1. The summed E-state index contributed by atoms with van der Waals surface area (Å²) in [6, 6.07) is 8.63. The number of rotatable bonds is 6. The van der Waals surface area contributed by atoms with Crippen LogP contribution in [0.5, 0.6) is 0 Å². The topological polar surface area (TPSA) is 58.4 Å². The van der Waals surface area contributed by atoms with Gasteiger partial charge >= 0.3 is 0 Å². The van der Waals surface area contributed by atoms with Crippen LogP contribution in [0.15, 0.2) is 24.3 Å². The third-order valence-corrected chi connectivity index (χ3v) is 7.62. The maximum Gasteiger partial charge on any atom is 0.292 e. The van der Waals surface area contributed by atoms with Gasteiger partial charge in [0.05, 0.1) is 4.92 Å². The predicted octanol–water partition coefficient (Wildman–Crippen LogP) is 6.00. The monoisotopic (exact) mass is 399 g/mol. The fraction of sp³-hybridized carbons (Fsp3) is 0.750. The van der Waals surface area contributed by atoms with Crippen LogP contribution in [0.4, 0.5) is 11.4 Å². The highest BCUT2D eigenvalue weighted by molar-refractivity contribution is 5.61. The third-order valence-electron chi connectivity index (χ3n) is 7.62. The fourth-order valence-electron chi connectivity index (χ4n) is 6.38. The lowest BCUT2D eigenvalue weighted by Gasteiger charge is -2.46. The molecule has 3 aliphatic rings. The molecule has 1 unspecified atom stereocenters. The molecule has 1 aromatic carbocycles. The van der Waals surface area contributed by atoms with E-state index in [0.717, 1.165) is 24.3 Å². The van der Waals surface area contributed by atoms with Gasteiger partial charge in [-0.15, -0.1) is 0 Å². The highest BCUT2D eigenvalue weighted by Crippen LogP contribution is 2.42. The van der Waals surface area contributed by atoms with E-state index >= 15 is 0 Å². The minimum atomic E-state index is -0.286. The van der Waals surface area contributed by atoms with Gasteiger partial charge in [0.1, 0.15) is 5.69 Å². The number of nitrogens with zero attached hydrogens (tertiary/aromatic N) is 2. The molecule has 2 saturated carbocycles. The lowest BCUT2D eigenvalue weighted by atomic mass is 9.76. The first-order valence-electron chi connectivity index (χ1n) is 11.9. The van der Waals surface area contributed by atoms with Crippen molar-refractivity contribution in [2.75, 3.05) is 11.9 Å². The van der Waals surface area contributed by atoms with Crippen molar-refractivity contribution < 1.29 is 4.92 Å². The minimum Gasteiger partial charge on any atom is -0.377 e. The molecular formula is C24H37N3O2. The highest BCUT2D eigenvalue weighted by Gasteiger charge is 2.37. The Labute approximate surface area is 175 Å². The molecule has 0 spiro atoms. The second-order valence-electron chi connectivity index (χ2n) is 9.82. The van der Waals surface area contributed by atoms with Crippen molar-refractivity contribution in [1.82, 2.24) is 4.90 Å². The Bertz CT molecular complexity index is 680. The Morgan fingerprint density at radius 3 is 2.48 bits per heavy atom. The van der Waals surface area contributed by atoms with E-state index in [1.54, 1.807) is 12.1 Å². The van der Waals surface area contributed by atoms with Crippen LogP contribution in [-0.4, -0.2) is 34.5 Å². The van der Waals surface area contributed by atoms with Crippen LogP contribution >= 0.6 is 0 Å². The number of nitrogens with one attached hydrogen (secondary N) is 1. The Balaban J connectivity index is 1.41. The molecule has 5 atom stereocenters. The molecule has 160 valence electrons. The number of hydrogen-bond donors (Lipinski definition) is 1. The molecule has 4 rings (SSSR count). The number of anilines is 1. The quantitative estimate of drug-likeness (QED) is 0.471. The number of para-hydroxylation sites is 2. The number of benzene rings is 1. The standard InChI is InChI=1S/C24H37N3O2/c1-18(25-23-11-4-5-12-24(23)27(28)29)14-21-10-6-7-13-26(21)22-16-19-8-2-3-9-20(15-19)17-22/h4-5,11-12,18-22,25H,2-3,6-10,13-17H2,1H3/t18-,19-,20+,21-,22?/m1/s1. The average molecular weight is 400 g/mol. The van der Waals surface area contributed by atoms with Crippen molar-refractivity contribution in [2.24, 2.45) is 11.8 Å². The largest absolute Gasteiger partial charge is 0.377 e. The Hall–Kier alpha value is -1.62. The van der Waals surface area contributed by atoms with Gasteiger partial charge in [-0.1, -0.05) is 44.2 Å². The van der Waals surface area contributed by atoms with Crippen LogP contribution in [0.1, 0.15) is 77.6 Å². The van der Waals surface area contributed by atoms with E-state index in [-0.39, 0.29) is 16.7 Å². The van der Waals surface area contributed by atoms with Crippen molar-refractivity contribution in [2.45, 2.75) is 95.7 Å². The van der Waals surface area contributed by atoms with Crippen molar-refractivity contribution in [3.05, 3.63) is 34.4 Å². The number of fused-ring (bicyclic) bond motifs is 2. The molecule has 5 heteroatoms. The van der Waals surface area contributed by atoms with Crippen molar-refractivity contribution in [3.63, 3.8) is 0 Å². The van der Waals surface area contributed by atoms with Gasteiger partial charge < -0.3 is 5.32 Å². The molecule has 29 heavy (non-hydrogen) atoms. The number of piperidine rings is 1. The van der Waals surface area contributed by atoms with Gasteiger partial charge in [0.15, 0.2) is 0 Å². The van der Waals surface area contributed by atoms with Crippen LogP contribution in [0.3, 0.4) is 0 Å². The molecule has 0 radical (unpaired) electrons. The normalized spacial score (nSPS) is 31.6. The smallest absolute Gasteiger partial charge is 0.292 e. The van der Waals surface area contributed by atoms with Crippen LogP contribution in [0.25, 0.3) is 0 Å². The van der Waals surface area contributed by atoms with E-state index in [1.165, 1.54) is 70.8 Å². The second-order valence-corrected chi connectivity index (χ2v) is 9.82. The average Bonchev–Trinajstić information content (AvgIpc) is 2.88. The Kier molecular flexibility index (Phi) is 6.74. The van der Waals surface area contributed by atoms with Gasteiger partial charge in [-0.25, -0.2) is 0 Å². The number of nitro benzene ring substituents is 1. The lowest BCUT2D eigenvalue weighted by molar-refractivity contribution is -0.384. The van der Waals surface area contributed by atoms with Gasteiger partial charge in [-0.05, 0) is 69.9 Å². The predicted molar refractivity (Wildman–Crippen MR) is 118 cm³/mol. The van der Waals surface area contributed by atoms with E-state index in [2.05, 4.69) is 17.1 Å². The summed E-state index contributed by atoms with van der Waals surface area (Å²) in [6.45, 7) is 3.43. The maximum absolute atomic E-state index is 11.3. The van der Waals surface area contributed by atoms with Crippen molar-refractivity contribution in [3.8, 4) is 0 Å². The fourth-order valence-corrected chi connectivity index (χ4v) is 6.38. The van der Waals surface area contributed by atoms with Crippen molar-refractivity contribution >= 4 is 11.4 Å². The summed E-state index contributed by atoms with van der Waals surface area (Å²) in [6.07, 6.45) is 15.0. The molecule has 5 nitrogen and oxygen atoms in total. The zero-order valence-corrected chi connectivity index (χ0v) is 17.9. The molecule has 1 aliphatic heterocycles. The third kappa shape index (κ3) is 5.11. The first kappa shape index (κ1) is 20.6. The summed E-state index contributed by atoms with van der Waals surface area (Å²) in [7, 11) is 0. The second kappa shape index (κ2) is 9.46. The van der Waals surface area contributed by atoms with Gasteiger partial charge in [0, 0.05) is 24.2 Å².